The van der Waals surface area contributed by atoms with Gasteiger partial charge in [-0.25, -0.2) is 0 Å². The summed E-state index contributed by atoms with van der Waals surface area (Å²) in [6.45, 7) is 5.09. The molecule has 0 radical (unpaired) electrons. The van der Waals surface area contributed by atoms with Gasteiger partial charge in [0.1, 0.15) is 12.4 Å². The predicted octanol–water partition coefficient (Wildman–Crippen LogP) is 3.63. The number of hydrogen-bond acceptors (Lipinski definition) is 4. The smallest absolute Gasteiger partial charge is 0.255 e. The number of amides is 2. The Morgan fingerprint density at radius 3 is 2.54 bits per heavy atom. The summed E-state index contributed by atoms with van der Waals surface area (Å²) in [5.41, 5.74) is 1.40. The van der Waals surface area contributed by atoms with E-state index in [0.29, 0.717) is 29.2 Å². The zero-order chi connectivity index (χ0) is 19.9. The van der Waals surface area contributed by atoms with Gasteiger partial charge in [-0.05, 0) is 63.1 Å². The zero-order valence-electron chi connectivity index (χ0n) is 16.2. The summed E-state index contributed by atoms with van der Waals surface area (Å²) >= 11 is 0. The summed E-state index contributed by atoms with van der Waals surface area (Å²) in [5.74, 6) is 0.197. The number of carbonyl (C=O) groups excluding carboxylic acids is 2. The van der Waals surface area contributed by atoms with Crippen LogP contribution in [-0.4, -0.2) is 37.2 Å². The van der Waals surface area contributed by atoms with E-state index in [9.17, 15) is 9.59 Å². The highest BCUT2D eigenvalue weighted by Gasteiger charge is 2.17. The fourth-order valence-corrected chi connectivity index (χ4v) is 2.99. The lowest BCUT2D eigenvalue weighted by molar-refractivity contribution is 0.0679. The van der Waals surface area contributed by atoms with Crippen molar-refractivity contribution in [1.82, 2.24) is 5.32 Å². The van der Waals surface area contributed by atoms with Crippen LogP contribution >= 0.6 is 0 Å². The number of ether oxygens (including phenoxy) is 2. The molecular weight excluding hydrogens is 356 g/mol. The lowest BCUT2D eigenvalue weighted by Gasteiger charge is -2.14. The SMILES string of the molecule is CC(C)NC(=O)c1ccccc1NC(=O)c1ccc(OCC2CCCO2)cc1. The van der Waals surface area contributed by atoms with Gasteiger partial charge in [-0.2, -0.15) is 0 Å². The van der Waals surface area contributed by atoms with Gasteiger partial charge < -0.3 is 20.1 Å². The minimum atomic E-state index is -0.282. The molecule has 0 spiro atoms. The van der Waals surface area contributed by atoms with Crippen LogP contribution in [0.5, 0.6) is 5.75 Å². The van der Waals surface area contributed by atoms with E-state index in [4.69, 9.17) is 9.47 Å². The molecule has 2 amide bonds. The largest absolute Gasteiger partial charge is 0.491 e. The fraction of sp³-hybridized carbons (Fsp3) is 0.364. The van der Waals surface area contributed by atoms with Crippen molar-refractivity contribution < 1.29 is 19.1 Å². The first-order chi connectivity index (χ1) is 13.5. The van der Waals surface area contributed by atoms with Crippen molar-refractivity contribution in [2.75, 3.05) is 18.5 Å². The molecule has 6 nitrogen and oxygen atoms in total. The molecule has 3 rings (SSSR count). The number of rotatable bonds is 7. The number of hydrogen-bond donors (Lipinski definition) is 2. The Bertz CT molecular complexity index is 812. The minimum Gasteiger partial charge on any atom is -0.491 e. The summed E-state index contributed by atoms with van der Waals surface area (Å²) in [5, 5.41) is 5.66. The number of anilines is 1. The van der Waals surface area contributed by atoms with E-state index >= 15 is 0 Å². The monoisotopic (exact) mass is 382 g/mol. The second-order valence-electron chi connectivity index (χ2n) is 7.10. The third-order valence-corrected chi connectivity index (χ3v) is 4.42. The van der Waals surface area contributed by atoms with Crippen LogP contribution in [0.4, 0.5) is 5.69 Å². The normalized spacial score (nSPS) is 16.0. The highest BCUT2D eigenvalue weighted by atomic mass is 16.5. The van der Waals surface area contributed by atoms with Crippen LogP contribution in [0, 0.1) is 0 Å². The highest BCUT2D eigenvalue weighted by Crippen LogP contribution is 2.19. The molecular formula is C22H26N2O4. The molecule has 0 saturated carbocycles. The van der Waals surface area contributed by atoms with Gasteiger partial charge in [-0.3, -0.25) is 9.59 Å². The van der Waals surface area contributed by atoms with E-state index in [1.54, 1.807) is 48.5 Å². The molecule has 1 saturated heterocycles. The maximum absolute atomic E-state index is 12.6. The molecule has 2 aromatic carbocycles. The van der Waals surface area contributed by atoms with Crippen LogP contribution in [0.3, 0.4) is 0 Å². The van der Waals surface area contributed by atoms with Gasteiger partial charge in [-0.1, -0.05) is 12.1 Å². The summed E-state index contributed by atoms with van der Waals surface area (Å²) < 4.78 is 11.3. The van der Waals surface area contributed by atoms with Crippen molar-refractivity contribution in [2.45, 2.75) is 38.8 Å². The van der Waals surface area contributed by atoms with Crippen molar-refractivity contribution in [2.24, 2.45) is 0 Å². The van der Waals surface area contributed by atoms with E-state index in [-0.39, 0.29) is 24.0 Å². The molecule has 1 fully saturated rings. The Morgan fingerprint density at radius 2 is 1.86 bits per heavy atom. The van der Waals surface area contributed by atoms with Gasteiger partial charge in [0.05, 0.1) is 17.4 Å². The average molecular weight is 382 g/mol. The second kappa shape index (κ2) is 9.37. The third-order valence-electron chi connectivity index (χ3n) is 4.42. The summed E-state index contributed by atoms with van der Waals surface area (Å²) in [4.78, 5) is 24.9. The Morgan fingerprint density at radius 1 is 1.11 bits per heavy atom. The predicted molar refractivity (Wildman–Crippen MR) is 108 cm³/mol. The van der Waals surface area contributed by atoms with Gasteiger partial charge in [0.15, 0.2) is 0 Å². The molecule has 1 aliphatic rings. The Labute approximate surface area is 165 Å². The average Bonchev–Trinajstić information content (AvgIpc) is 3.20. The molecule has 6 heteroatoms. The first-order valence-electron chi connectivity index (χ1n) is 9.58. The van der Waals surface area contributed by atoms with Crippen LogP contribution in [0.2, 0.25) is 0 Å². The van der Waals surface area contributed by atoms with Crippen molar-refractivity contribution >= 4 is 17.5 Å². The maximum atomic E-state index is 12.6. The van der Waals surface area contributed by atoms with Gasteiger partial charge in [0.2, 0.25) is 0 Å². The van der Waals surface area contributed by atoms with E-state index < -0.39 is 0 Å². The molecule has 1 unspecified atom stereocenters. The first-order valence-corrected chi connectivity index (χ1v) is 9.58. The van der Waals surface area contributed by atoms with Crippen LogP contribution in [0.15, 0.2) is 48.5 Å². The summed E-state index contributed by atoms with van der Waals surface area (Å²) in [7, 11) is 0. The molecule has 0 aliphatic carbocycles. The van der Waals surface area contributed by atoms with E-state index in [2.05, 4.69) is 10.6 Å². The van der Waals surface area contributed by atoms with Crippen LogP contribution in [0.1, 0.15) is 47.4 Å². The van der Waals surface area contributed by atoms with Crippen LogP contribution in [-0.2, 0) is 4.74 Å². The fourth-order valence-electron chi connectivity index (χ4n) is 2.99. The topological polar surface area (TPSA) is 76.7 Å². The first kappa shape index (κ1) is 19.9. The molecule has 1 heterocycles. The maximum Gasteiger partial charge on any atom is 0.255 e. The quantitative estimate of drug-likeness (QED) is 0.767. The van der Waals surface area contributed by atoms with Crippen LogP contribution in [0.25, 0.3) is 0 Å². The van der Waals surface area contributed by atoms with Crippen molar-refractivity contribution in [1.29, 1.82) is 0 Å². The standard InChI is InChI=1S/C22H26N2O4/c1-15(2)23-22(26)19-7-3-4-8-20(19)24-21(25)16-9-11-17(12-10-16)28-14-18-6-5-13-27-18/h3-4,7-12,15,18H,5-6,13-14H2,1-2H3,(H,23,26)(H,24,25). The van der Waals surface area contributed by atoms with Crippen molar-refractivity contribution in [3.05, 3.63) is 59.7 Å². The van der Waals surface area contributed by atoms with Crippen LogP contribution < -0.4 is 15.4 Å². The van der Waals surface area contributed by atoms with Gasteiger partial charge in [-0.15, -0.1) is 0 Å². The van der Waals surface area contributed by atoms with Crippen molar-refractivity contribution in [3.63, 3.8) is 0 Å². The van der Waals surface area contributed by atoms with Gasteiger partial charge in [0.25, 0.3) is 11.8 Å². The lowest BCUT2D eigenvalue weighted by atomic mass is 10.1. The molecule has 1 atom stereocenters. The molecule has 28 heavy (non-hydrogen) atoms. The lowest BCUT2D eigenvalue weighted by Crippen LogP contribution is -2.31. The zero-order valence-corrected chi connectivity index (χ0v) is 16.2. The number of benzene rings is 2. The number of nitrogens with one attached hydrogen (secondary N) is 2. The molecule has 148 valence electrons. The Kier molecular flexibility index (Phi) is 6.66. The number of para-hydroxylation sites is 1. The highest BCUT2D eigenvalue weighted by molar-refractivity contribution is 6.09. The van der Waals surface area contributed by atoms with Gasteiger partial charge >= 0.3 is 0 Å². The third kappa shape index (κ3) is 5.33. The minimum absolute atomic E-state index is 0.0124. The Hall–Kier alpha value is -2.86. The molecule has 0 aromatic heterocycles. The molecule has 0 bridgehead atoms. The van der Waals surface area contributed by atoms with E-state index in [0.717, 1.165) is 19.4 Å². The van der Waals surface area contributed by atoms with Crippen molar-refractivity contribution in [3.8, 4) is 5.75 Å². The van der Waals surface area contributed by atoms with Gasteiger partial charge in [0, 0.05) is 18.2 Å². The molecule has 2 N–H and O–H groups in total. The van der Waals surface area contributed by atoms with E-state index in [1.807, 2.05) is 13.8 Å². The molecule has 2 aromatic rings. The summed E-state index contributed by atoms with van der Waals surface area (Å²) in [6, 6.07) is 13.9. The number of carbonyl (C=O) groups is 2. The second-order valence-corrected chi connectivity index (χ2v) is 7.10. The van der Waals surface area contributed by atoms with E-state index in [1.165, 1.54) is 0 Å². The molecule has 1 aliphatic heterocycles. The Balaban J connectivity index is 1.62. The summed E-state index contributed by atoms with van der Waals surface area (Å²) in [6.07, 6.45) is 2.24.